The Kier molecular flexibility index (Phi) is 6.25. The van der Waals surface area contributed by atoms with E-state index in [4.69, 9.17) is 0 Å². The summed E-state index contributed by atoms with van der Waals surface area (Å²) in [6, 6.07) is 23.6. The molecule has 4 aromatic rings. The number of thioether (sulfide) groups is 1. The number of rotatable bonds is 6. The van der Waals surface area contributed by atoms with Gasteiger partial charge in [-0.05, 0) is 36.4 Å². The van der Waals surface area contributed by atoms with Crippen LogP contribution in [-0.4, -0.2) is 26.4 Å². The van der Waals surface area contributed by atoms with Crippen molar-refractivity contribution in [3.63, 3.8) is 0 Å². The standard InChI is InChI=1S/C22H16BrFN4OS/c23-16-8-6-7-15(13-16)21-26-27-22(28(21)17-9-2-1-3-10-17)30-14-20(29)25-19-12-5-4-11-18(19)24/h1-13H,14H2,(H,25,29). The molecule has 0 saturated carbocycles. The lowest BCUT2D eigenvalue weighted by Crippen LogP contribution is -2.15. The van der Waals surface area contributed by atoms with Crippen molar-refractivity contribution in [1.82, 2.24) is 14.8 Å². The number of aromatic nitrogens is 3. The van der Waals surface area contributed by atoms with E-state index in [2.05, 4.69) is 31.4 Å². The van der Waals surface area contributed by atoms with Crippen LogP contribution in [0.5, 0.6) is 0 Å². The summed E-state index contributed by atoms with van der Waals surface area (Å²) in [6.45, 7) is 0. The van der Waals surface area contributed by atoms with Gasteiger partial charge in [0.2, 0.25) is 5.91 Å². The fraction of sp³-hybridized carbons (Fsp3) is 0.0455. The van der Waals surface area contributed by atoms with Gasteiger partial charge >= 0.3 is 0 Å². The quantitative estimate of drug-likeness (QED) is 0.365. The molecule has 30 heavy (non-hydrogen) atoms. The number of para-hydroxylation sites is 2. The zero-order valence-corrected chi connectivity index (χ0v) is 18.0. The van der Waals surface area contributed by atoms with Gasteiger partial charge < -0.3 is 5.32 Å². The molecule has 0 spiro atoms. The van der Waals surface area contributed by atoms with Gasteiger partial charge in [0.1, 0.15) is 5.82 Å². The first-order valence-electron chi connectivity index (χ1n) is 9.06. The van der Waals surface area contributed by atoms with Crippen molar-refractivity contribution in [1.29, 1.82) is 0 Å². The van der Waals surface area contributed by atoms with E-state index in [0.717, 1.165) is 15.7 Å². The Bertz CT molecular complexity index is 1180. The third-order valence-corrected chi connectivity index (χ3v) is 5.63. The maximum absolute atomic E-state index is 13.8. The predicted octanol–water partition coefficient (Wildman–Crippen LogP) is 5.57. The molecule has 1 aromatic heterocycles. The van der Waals surface area contributed by atoms with Crippen LogP contribution >= 0.6 is 27.7 Å². The zero-order chi connectivity index (χ0) is 20.9. The number of amides is 1. The number of anilines is 1. The van der Waals surface area contributed by atoms with E-state index in [0.29, 0.717) is 11.0 Å². The van der Waals surface area contributed by atoms with Crippen LogP contribution in [0.3, 0.4) is 0 Å². The summed E-state index contributed by atoms with van der Waals surface area (Å²) < 4.78 is 16.6. The average Bonchev–Trinajstić information content (AvgIpc) is 3.18. The second-order valence-electron chi connectivity index (χ2n) is 6.30. The summed E-state index contributed by atoms with van der Waals surface area (Å²) in [5, 5.41) is 11.8. The molecule has 0 fully saturated rings. The maximum Gasteiger partial charge on any atom is 0.234 e. The number of nitrogens with one attached hydrogen (secondary N) is 1. The van der Waals surface area contributed by atoms with Gasteiger partial charge in [-0.25, -0.2) is 4.39 Å². The second kappa shape index (κ2) is 9.23. The highest BCUT2D eigenvalue weighted by atomic mass is 79.9. The summed E-state index contributed by atoms with van der Waals surface area (Å²) in [4.78, 5) is 12.3. The first-order valence-corrected chi connectivity index (χ1v) is 10.8. The van der Waals surface area contributed by atoms with Crippen molar-refractivity contribution in [3.8, 4) is 17.1 Å². The Morgan fingerprint density at radius 2 is 1.77 bits per heavy atom. The third kappa shape index (κ3) is 4.60. The van der Waals surface area contributed by atoms with Gasteiger partial charge in [-0.15, -0.1) is 10.2 Å². The number of hydrogen-bond acceptors (Lipinski definition) is 4. The SMILES string of the molecule is O=C(CSc1nnc(-c2cccc(Br)c2)n1-c1ccccc1)Nc1ccccc1F. The normalized spacial score (nSPS) is 10.7. The molecule has 3 aromatic carbocycles. The van der Waals surface area contributed by atoms with Crippen LogP contribution in [0.4, 0.5) is 10.1 Å². The summed E-state index contributed by atoms with van der Waals surface area (Å²) in [6.07, 6.45) is 0. The molecule has 0 bridgehead atoms. The molecule has 0 radical (unpaired) electrons. The molecule has 0 saturated heterocycles. The molecule has 8 heteroatoms. The van der Waals surface area contributed by atoms with Crippen molar-refractivity contribution in [2.45, 2.75) is 5.16 Å². The van der Waals surface area contributed by atoms with Crippen LogP contribution < -0.4 is 5.32 Å². The molecule has 0 aliphatic heterocycles. The number of carbonyl (C=O) groups excluding carboxylic acids is 1. The Morgan fingerprint density at radius 1 is 1.00 bits per heavy atom. The highest BCUT2D eigenvalue weighted by Gasteiger charge is 2.17. The average molecular weight is 483 g/mol. The molecule has 0 atom stereocenters. The van der Waals surface area contributed by atoms with Crippen LogP contribution in [0.15, 0.2) is 88.5 Å². The first-order chi connectivity index (χ1) is 14.6. The largest absolute Gasteiger partial charge is 0.323 e. The minimum atomic E-state index is -0.472. The van der Waals surface area contributed by atoms with Crippen LogP contribution in [0, 0.1) is 5.82 Å². The van der Waals surface area contributed by atoms with E-state index in [-0.39, 0.29) is 17.3 Å². The minimum absolute atomic E-state index is 0.0672. The smallest absolute Gasteiger partial charge is 0.234 e. The molecular formula is C22H16BrFN4OS. The van der Waals surface area contributed by atoms with Gasteiger partial charge in [0.25, 0.3) is 0 Å². The molecular weight excluding hydrogens is 467 g/mol. The number of benzene rings is 3. The summed E-state index contributed by atoms with van der Waals surface area (Å²) >= 11 is 4.73. The minimum Gasteiger partial charge on any atom is -0.323 e. The van der Waals surface area contributed by atoms with E-state index in [1.54, 1.807) is 12.1 Å². The van der Waals surface area contributed by atoms with Crippen molar-refractivity contribution in [3.05, 3.63) is 89.2 Å². The zero-order valence-electron chi connectivity index (χ0n) is 15.6. The molecule has 5 nitrogen and oxygen atoms in total. The van der Waals surface area contributed by atoms with Gasteiger partial charge in [-0.3, -0.25) is 9.36 Å². The lowest BCUT2D eigenvalue weighted by Gasteiger charge is -2.11. The van der Waals surface area contributed by atoms with Gasteiger partial charge in [0.05, 0.1) is 11.4 Å². The van der Waals surface area contributed by atoms with Gasteiger partial charge in [-0.1, -0.05) is 70.2 Å². The number of carbonyl (C=O) groups is 1. The highest BCUT2D eigenvalue weighted by molar-refractivity contribution is 9.10. The highest BCUT2D eigenvalue weighted by Crippen LogP contribution is 2.29. The molecule has 1 N–H and O–H groups in total. The summed E-state index contributed by atoms with van der Waals surface area (Å²) in [7, 11) is 0. The lowest BCUT2D eigenvalue weighted by atomic mass is 10.2. The monoisotopic (exact) mass is 482 g/mol. The summed E-state index contributed by atoms with van der Waals surface area (Å²) in [5.41, 5.74) is 1.93. The van der Waals surface area contributed by atoms with E-state index in [1.807, 2.05) is 59.2 Å². The number of nitrogens with zero attached hydrogens (tertiary/aromatic N) is 3. The molecule has 0 aliphatic rings. The van der Waals surface area contributed by atoms with Gasteiger partial charge in [0.15, 0.2) is 11.0 Å². The van der Waals surface area contributed by atoms with Crippen molar-refractivity contribution in [2.75, 3.05) is 11.1 Å². The molecule has 0 aliphatic carbocycles. The Hall–Kier alpha value is -2.97. The third-order valence-electron chi connectivity index (χ3n) is 4.21. The van der Waals surface area contributed by atoms with Gasteiger partial charge in [0, 0.05) is 15.7 Å². The van der Waals surface area contributed by atoms with Crippen LogP contribution in [0.2, 0.25) is 0 Å². The van der Waals surface area contributed by atoms with E-state index in [1.165, 1.54) is 23.9 Å². The fourth-order valence-corrected chi connectivity index (χ4v) is 4.02. The first kappa shape index (κ1) is 20.3. The van der Waals surface area contributed by atoms with E-state index >= 15 is 0 Å². The topological polar surface area (TPSA) is 59.8 Å². The van der Waals surface area contributed by atoms with Gasteiger partial charge in [-0.2, -0.15) is 0 Å². The Balaban J connectivity index is 1.60. The molecule has 0 unspecified atom stereocenters. The maximum atomic E-state index is 13.8. The Labute approximate surface area is 185 Å². The van der Waals surface area contributed by atoms with Crippen LogP contribution in [0.1, 0.15) is 0 Å². The van der Waals surface area contributed by atoms with Crippen molar-refractivity contribution < 1.29 is 9.18 Å². The number of hydrogen-bond donors (Lipinski definition) is 1. The molecule has 1 amide bonds. The molecule has 150 valence electrons. The van der Waals surface area contributed by atoms with E-state index < -0.39 is 5.82 Å². The number of halogens is 2. The van der Waals surface area contributed by atoms with Crippen LogP contribution in [0.25, 0.3) is 17.1 Å². The fourth-order valence-electron chi connectivity index (χ4n) is 2.87. The Morgan fingerprint density at radius 3 is 2.53 bits per heavy atom. The molecule has 1 heterocycles. The second-order valence-corrected chi connectivity index (χ2v) is 8.16. The predicted molar refractivity (Wildman–Crippen MR) is 120 cm³/mol. The van der Waals surface area contributed by atoms with Crippen molar-refractivity contribution in [2.24, 2.45) is 0 Å². The summed E-state index contributed by atoms with van der Waals surface area (Å²) in [5.74, 6) is -0.0610. The van der Waals surface area contributed by atoms with E-state index in [9.17, 15) is 9.18 Å². The molecule has 4 rings (SSSR count). The van der Waals surface area contributed by atoms with Crippen molar-refractivity contribution >= 4 is 39.3 Å². The van der Waals surface area contributed by atoms with Crippen LogP contribution in [-0.2, 0) is 4.79 Å². The lowest BCUT2D eigenvalue weighted by molar-refractivity contribution is -0.113.